The van der Waals surface area contributed by atoms with Gasteiger partial charge in [-0.15, -0.1) is 5.10 Å². The molecular weight excluding hydrogens is 429 g/mol. The van der Waals surface area contributed by atoms with Crippen LogP contribution in [0.1, 0.15) is 24.1 Å². The predicted molar refractivity (Wildman–Crippen MR) is 101 cm³/mol. The SMILES string of the molecule is C[C@@H](NC(=O)Nc1cc2[nH]nc(OC(N)=O)c2cn1)c1ccc(Cl)c(C(F)(F)F)c1. The van der Waals surface area contributed by atoms with E-state index in [1.54, 1.807) is 0 Å². The van der Waals surface area contributed by atoms with Gasteiger partial charge in [0.1, 0.15) is 5.82 Å². The lowest BCUT2D eigenvalue weighted by Gasteiger charge is -2.17. The van der Waals surface area contributed by atoms with Crippen LogP contribution in [0.4, 0.5) is 28.6 Å². The van der Waals surface area contributed by atoms with Crippen LogP contribution in [0.15, 0.2) is 30.5 Å². The zero-order valence-electron chi connectivity index (χ0n) is 15.2. The summed E-state index contributed by atoms with van der Waals surface area (Å²) >= 11 is 5.61. The molecule has 0 fully saturated rings. The highest BCUT2D eigenvalue weighted by Crippen LogP contribution is 2.36. The van der Waals surface area contributed by atoms with Gasteiger partial charge in [-0.25, -0.2) is 14.6 Å². The molecule has 0 spiro atoms. The van der Waals surface area contributed by atoms with E-state index in [9.17, 15) is 22.8 Å². The summed E-state index contributed by atoms with van der Waals surface area (Å²) in [6, 6.07) is 3.35. The number of urea groups is 1. The summed E-state index contributed by atoms with van der Waals surface area (Å²) in [5, 5.41) is 11.2. The van der Waals surface area contributed by atoms with Crippen molar-refractivity contribution in [2.45, 2.75) is 19.1 Å². The minimum atomic E-state index is -4.62. The number of hydrogen-bond donors (Lipinski definition) is 4. The number of nitrogens with zero attached hydrogens (tertiary/aromatic N) is 2. The van der Waals surface area contributed by atoms with Crippen LogP contribution in [0.3, 0.4) is 0 Å². The fourth-order valence-corrected chi connectivity index (χ4v) is 2.82. The highest BCUT2D eigenvalue weighted by Gasteiger charge is 2.33. The molecule has 158 valence electrons. The van der Waals surface area contributed by atoms with E-state index in [2.05, 4.69) is 25.8 Å². The Labute approximate surface area is 171 Å². The summed E-state index contributed by atoms with van der Waals surface area (Å²) in [6.07, 6.45) is -4.37. The van der Waals surface area contributed by atoms with E-state index in [1.807, 2.05) is 0 Å². The number of carbonyl (C=O) groups excluding carboxylic acids is 2. The Morgan fingerprint density at radius 3 is 2.70 bits per heavy atom. The Hall–Kier alpha value is -3.54. The monoisotopic (exact) mass is 442 g/mol. The second-order valence-corrected chi connectivity index (χ2v) is 6.53. The maximum Gasteiger partial charge on any atom is 0.417 e. The summed E-state index contributed by atoms with van der Waals surface area (Å²) < 4.78 is 43.7. The number of H-pyrrole nitrogens is 1. The molecule has 1 atom stereocenters. The number of aromatic amines is 1. The van der Waals surface area contributed by atoms with Crippen molar-refractivity contribution in [2.24, 2.45) is 5.73 Å². The lowest BCUT2D eigenvalue weighted by molar-refractivity contribution is -0.137. The second kappa shape index (κ2) is 8.06. The third kappa shape index (κ3) is 4.71. The van der Waals surface area contributed by atoms with E-state index in [0.29, 0.717) is 10.9 Å². The topological polar surface area (TPSA) is 135 Å². The lowest BCUT2D eigenvalue weighted by atomic mass is 10.0. The van der Waals surface area contributed by atoms with E-state index in [4.69, 9.17) is 22.1 Å². The molecule has 13 heteroatoms. The summed E-state index contributed by atoms with van der Waals surface area (Å²) in [5.74, 6) is 0.0476. The van der Waals surface area contributed by atoms with E-state index in [-0.39, 0.29) is 17.3 Å². The fourth-order valence-electron chi connectivity index (χ4n) is 2.59. The van der Waals surface area contributed by atoms with Crippen LogP contribution in [0.5, 0.6) is 5.88 Å². The second-order valence-electron chi connectivity index (χ2n) is 6.12. The van der Waals surface area contributed by atoms with Crippen LogP contribution < -0.4 is 21.1 Å². The van der Waals surface area contributed by atoms with E-state index < -0.39 is 34.9 Å². The third-order valence-corrected chi connectivity index (χ3v) is 4.32. The van der Waals surface area contributed by atoms with Crippen LogP contribution >= 0.6 is 11.6 Å². The van der Waals surface area contributed by atoms with Gasteiger partial charge in [0.15, 0.2) is 0 Å². The normalized spacial score (nSPS) is 12.4. The molecule has 0 radical (unpaired) electrons. The number of carbonyl (C=O) groups is 2. The smallest absolute Gasteiger partial charge is 0.389 e. The zero-order valence-corrected chi connectivity index (χ0v) is 15.9. The van der Waals surface area contributed by atoms with Crippen molar-refractivity contribution in [3.8, 4) is 5.88 Å². The van der Waals surface area contributed by atoms with Crippen molar-refractivity contribution in [3.05, 3.63) is 46.6 Å². The Bertz CT molecular complexity index is 1120. The number of nitrogens with two attached hydrogens (primary N) is 1. The Kier molecular flexibility index (Phi) is 5.69. The first-order valence-electron chi connectivity index (χ1n) is 8.30. The molecule has 0 unspecified atom stereocenters. The molecule has 3 amide bonds. The maximum absolute atomic E-state index is 13.0. The molecule has 2 aromatic heterocycles. The van der Waals surface area contributed by atoms with E-state index in [0.717, 1.165) is 12.1 Å². The number of halogens is 4. The summed E-state index contributed by atoms with van der Waals surface area (Å²) in [5.41, 5.74) is 4.56. The number of ether oxygens (including phenoxy) is 1. The number of fused-ring (bicyclic) bond motifs is 1. The summed E-state index contributed by atoms with van der Waals surface area (Å²) in [6.45, 7) is 1.52. The Morgan fingerprint density at radius 2 is 2.03 bits per heavy atom. The quantitative estimate of drug-likeness (QED) is 0.485. The first kappa shape index (κ1) is 21.2. The molecular formula is C17H14ClF3N6O3. The Balaban J connectivity index is 1.70. The van der Waals surface area contributed by atoms with Gasteiger partial charge in [0.05, 0.1) is 27.5 Å². The van der Waals surface area contributed by atoms with Crippen molar-refractivity contribution < 1.29 is 27.5 Å². The molecule has 2 heterocycles. The van der Waals surface area contributed by atoms with E-state index in [1.165, 1.54) is 25.3 Å². The van der Waals surface area contributed by atoms with Crippen LogP contribution in [0.25, 0.3) is 10.9 Å². The lowest BCUT2D eigenvalue weighted by Crippen LogP contribution is -2.31. The fraction of sp³-hybridized carbons (Fsp3) is 0.176. The largest absolute Gasteiger partial charge is 0.417 e. The molecule has 1 aromatic carbocycles. The molecule has 3 aromatic rings. The van der Waals surface area contributed by atoms with Crippen LogP contribution in [0.2, 0.25) is 5.02 Å². The van der Waals surface area contributed by atoms with Gasteiger partial charge in [-0.3, -0.25) is 10.4 Å². The van der Waals surface area contributed by atoms with Gasteiger partial charge in [0, 0.05) is 12.3 Å². The van der Waals surface area contributed by atoms with Gasteiger partial charge in [0.25, 0.3) is 5.88 Å². The number of anilines is 1. The molecule has 0 aliphatic rings. The first-order valence-corrected chi connectivity index (χ1v) is 8.68. The van der Waals surface area contributed by atoms with Gasteiger partial charge in [-0.2, -0.15) is 13.2 Å². The molecule has 30 heavy (non-hydrogen) atoms. The highest BCUT2D eigenvalue weighted by atomic mass is 35.5. The van der Waals surface area contributed by atoms with Crippen molar-refractivity contribution in [3.63, 3.8) is 0 Å². The van der Waals surface area contributed by atoms with Crippen LogP contribution in [-0.2, 0) is 6.18 Å². The summed E-state index contributed by atoms with van der Waals surface area (Å²) in [7, 11) is 0. The van der Waals surface area contributed by atoms with Gasteiger partial charge in [0.2, 0.25) is 0 Å². The number of hydrogen-bond acceptors (Lipinski definition) is 5. The molecule has 5 N–H and O–H groups in total. The van der Waals surface area contributed by atoms with Crippen LogP contribution in [-0.4, -0.2) is 27.3 Å². The highest BCUT2D eigenvalue weighted by molar-refractivity contribution is 6.31. The first-order chi connectivity index (χ1) is 14.0. The van der Waals surface area contributed by atoms with Gasteiger partial charge in [-0.1, -0.05) is 17.7 Å². The number of rotatable bonds is 4. The predicted octanol–water partition coefficient (Wildman–Crippen LogP) is 3.97. The molecule has 0 bridgehead atoms. The van der Waals surface area contributed by atoms with E-state index >= 15 is 0 Å². The average Bonchev–Trinajstić information content (AvgIpc) is 3.02. The van der Waals surface area contributed by atoms with Gasteiger partial charge in [-0.05, 0) is 24.6 Å². The summed E-state index contributed by atoms with van der Waals surface area (Å²) in [4.78, 5) is 27.0. The number of primary amides is 1. The number of amides is 3. The van der Waals surface area contributed by atoms with Crippen LogP contribution in [0, 0.1) is 0 Å². The minimum absolute atomic E-state index is 0.0715. The number of aromatic nitrogens is 3. The third-order valence-electron chi connectivity index (χ3n) is 3.99. The van der Waals surface area contributed by atoms with Crippen molar-refractivity contribution in [1.29, 1.82) is 0 Å². The molecule has 3 rings (SSSR count). The van der Waals surface area contributed by atoms with Crippen molar-refractivity contribution in [1.82, 2.24) is 20.5 Å². The minimum Gasteiger partial charge on any atom is -0.389 e. The van der Waals surface area contributed by atoms with Gasteiger partial charge >= 0.3 is 18.3 Å². The number of pyridine rings is 1. The number of alkyl halides is 3. The maximum atomic E-state index is 13.0. The molecule has 9 nitrogen and oxygen atoms in total. The number of nitrogens with one attached hydrogen (secondary N) is 3. The molecule has 0 saturated carbocycles. The standard InChI is InChI=1S/C17H14ClF3N6O3/c1-7(8-2-3-11(18)10(4-8)17(19,20)21)24-16(29)25-13-5-12-9(6-23-13)14(27-26-12)30-15(22)28/h2-7H,1H3,(H2,22,28)(H,26,27)(H2,23,24,25,29)/t7-/m1/s1. The molecule has 0 aliphatic carbocycles. The van der Waals surface area contributed by atoms with Crippen molar-refractivity contribution in [2.75, 3.05) is 5.32 Å². The van der Waals surface area contributed by atoms with Gasteiger partial charge < -0.3 is 15.8 Å². The average molecular weight is 443 g/mol. The Morgan fingerprint density at radius 1 is 1.30 bits per heavy atom. The zero-order chi connectivity index (χ0) is 22.1. The van der Waals surface area contributed by atoms with Crippen molar-refractivity contribution >= 4 is 40.4 Å². The molecule has 0 saturated heterocycles. The molecule has 0 aliphatic heterocycles. The number of benzene rings is 1.